The Morgan fingerprint density at radius 2 is 1.95 bits per heavy atom. The lowest BCUT2D eigenvalue weighted by Crippen LogP contribution is -2.31. The molecule has 21 heavy (non-hydrogen) atoms. The molecular weight excluding hydrogens is 260 g/mol. The Kier molecular flexibility index (Phi) is 3.74. The number of hydrogen-bond donors (Lipinski definition) is 0. The van der Waals surface area contributed by atoms with Crippen LogP contribution in [0.2, 0.25) is 0 Å². The van der Waals surface area contributed by atoms with Gasteiger partial charge in [0.25, 0.3) is 5.91 Å². The monoisotopic (exact) mass is 280 g/mol. The maximum atomic E-state index is 12.9. The highest BCUT2D eigenvalue weighted by molar-refractivity contribution is 5.96. The van der Waals surface area contributed by atoms with Crippen molar-refractivity contribution in [2.45, 2.75) is 32.7 Å². The molecule has 0 saturated carbocycles. The second-order valence-electron chi connectivity index (χ2n) is 5.76. The topological polar surface area (TPSA) is 33.2 Å². The Morgan fingerprint density at radius 3 is 2.71 bits per heavy atom. The standard InChI is InChI=1S/C18H20N2O/c1-13-5-6-14(2)16(12-13)18(21)20-11-3-4-17(20)15-7-9-19-10-8-15/h5-10,12,17H,3-4,11H2,1-2H3/t17-/m0/s1. The number of benzene rings is 1. The number of likely N-dealkylation sites (tertiary alicyclic amines) is 1. The van der Waals surface area contributed by atoms with Crippen molar-refractivity contribution in [3.05, 3.63) is 65.0 Å². The lowest BCUT2D eigenvalue weighted by molar-refractivity contribution is 0.0735. The molecule has 1 saturated heterocycles. The zero-order chi connectivity index (χ0) is 14.8. The van der Waals surface area contributed by atoms with Crippen LogP contribution >= 0.6 is 0 Å². The zero-order valence-corrected chi connectivity index (χ0v) is 12.5. The van der Waals surface area contributed by atoms with E-state index < -0.39 is 0 Å². The summed E-state index contributed by atoms with van der Waals surface area (Å²) in [7, 11) is 0. The summed E-state index contributed by atoms with van der Waals surface area (Å²) in [6.07, 6.45) is 5.69. The Bertz CT molecular complexity index is 652. The predicted molar refractivity (Wildman–Crippen MR) is 83.2 cm³/mol. The molecule has 108 valence electrons. The SMILES string of the molecule is Cc1ccc(C)c(C(=O)N2CCC[C@H]2c2ccncc2)c1. The van der Waals surface area contributed by atoms with Gasteiger partial charge in [-0.1, -0.05) is 17.7 Å². The number of nitrogens with zero attached hydrogens (tertiary/aromatic N) is 2. The van der Waals surface area contributed by atoms with Crippen LogP contribution in [0.5, 0.6) is 0 Å². The molecular formula is C18H20N2O. The summed E-state index contributed by atoms with van der Waals surface area (Å²) in [5.74, 6) is 0.149. The normalized spacial score (nSPS) is 18.0. The van der Waals surface area contributed by atoms with Crippen molar-refractivity contribution in [3.8, 4) is 0 Å². The van der Waals surface area contributed by atoms with E-state index in [1.54, 1.807) is 12.4 Å². The van der Waals surface area contributed by atoms with Crippen molar-refractivity contribution in [3.63, 3.8) is 0 Å². The fourth-order valence-electron chi connectivity index (χ4n) is 3.06. The fraction of sp³-hybridized carbons (Fsp3) is 0.333. The molecule has 2 aromatic rings. The summed E-state index contributed by atoms with van der Waals surface area (Å²) in [4.78, 5) is 19.0. The molecule has 1 aliphatic rings. The molecule has 3 nitrogen and oxygen atoms in total. The van der Waals surface area contributed by atoms with Gasteiger partial charge in [0.1, 0.15) is 0 Å². The van der Waals surface area contributed by atoms with Crippen LogP contribution in [0.1, 0.15) is 45.9 Å². The van der Waals surface area contributed by atoms with Crippen LogP contribution in [0.3, 0.4) is 0 Å². The highest BCUT2D eigenvalue weighted by Gasteiger charge is 2.31. The minimum absolute atomic E-state index is 0.149. The van der Waals surface area contributed by atoms with Crippen molar-refractivity contribution >= 4 is 5.91 Å². The van der Waals surface area contributed by atoms with Gasteiger partial charge in [0.15, 0.2) is 0 Å². The molecule has 3 heteroatoms. The zero-order valence-electron chi connectivity index (χ0n) is 12.5. The van der Waals surface area contributed by atoms with E-state index in [0.717, 1.165) is 36.1 Å². The number of rotatable bonds is 2. The van der Waals surface area contributed by atoms with E-state index in [-0.39, 0.29) is 11.9 Å². The van der Waals surface area contributed by atoms with Gasteiger partial charge < -0.3 is 4.90 Å². The van der Waals surface area contributed by atoms with E-state index in [1.165, 1.54) is 5.56 Å². The lowest BCUT2D eigenvalue weighted by Gasteiger charge is -2.26. The Hall–Kier alpha value is -2.16. The Balaban J connectivity index is 1.92. The Labute approximate surface area is 125 Å². The van der Waals surface area contributed by atoms with Crippen molar-refractivity contribution < 1.29 is 4.79 Å². The van der Waals surface area contributed by atoms with E-state index in [1.807, 2.05) is 43.0 Å². The van der Waals surface area contributed by atoms with Crippen LogP contribution in [0.25, 0.3) is 0 Å². The third-order valence-electron chi connectivity index (χ3n) is 4.23. The maximum absolute atomic E-state index is 12.9. The van der Waals surface area contributed by atoms with Crippen LogP contribution < -0.4 is 0 Å². The van der Waals surface area contributed by atoms with E-state index in [4.69, 9.17) is 0 Å². The summed E-state index contributed by atoms with van der Waals surface area (Å²) < 4.78 is 0. The van der Waals surface area contributed by atoms with Crippen LogP contribution in [0.15, 0.2) is 42.7 Å². The molecule has 0 bridgehead atoms. The molecule has 1 fully saturated rings. The first-order valence-corrected chi connectivity index (χ1v) is 7.45. The van der Waals surface area contributed by atoms with Gasteiger partial charge in [-0.2, -0.15) is 0 Å². The fourth-order valence-corrected chi connectivity index (χ4v) is 3.06. The number of aromatic nitrogens is 1. The van der Waals surface area contributed by atoms with E-state index in [0.29, 0.717) is 0 Å². The third-order valence-corrected chi connectivity index (χ3v) is 4.23. The number of amides is 1. The van der Waals surface area contributed by atoms with Crippen LogP contribution in [0.4, 0.5) is 0 Å². The molecule has 1 atom stereocenters. The molecule has 1 amide bonds. The quantitative estimate of drug-likeness (QED) is 0.841. The number of hydrogen-bond acceptors (Lipinski definition) is 2. The molecule has 1 aromatic heterocycles. The number of aryl methyl sites for hydroxylation is 2. The van der Waals surface area contributed by atoms with Gasteiger partial charge >= 0.3 is 0 Å². The van der Waals surface area contributed by atoms with Gasteiger partial charge in [0.05, 0.1) is 6.04 Å². The summed E-state index contributed by atoms with van der Waals surface area (Å²) in [6, 6.07) is 10.3. The predicted octanol–water partition coefficient (Wildman–Crippen LogP) is 3.68. The molecule has 0 radical (unpaired) electrons. The van der Waals surface area contributed by atoms with Gasteiger partial charge in [-0.25, -0.2) is 0 Å². The number of pyridine rings is 1. The van der Waals surface area contributed by atoms with Gasteiger partial charge in [0.2, 0.25) is 0 Å². The lowest BCUT2D eigenvalue weighted by atomic mass is 10.0. The maximum Gasteiger partial charge on any atom is 0.254 e. The minimum Gasteiger partial charge on any atom is -0.332 e. The van der Waals surface area contributed by atoms with E-state index in [9.17, 15) is 4.79 Å². The molecule has 0 unspecified atom stereocenters. The average molecular weight is 280 g/mol. The minimum atomic E-state index is 0.149. The van der Waals surface area contributed by atoms with Gasteiger partial charge in [-0.3, -0.25) is 9.78 Å². The smallest absolute Gasteiger partial charge is 0.254 e. The van der Waals surface area contributed by atoms with Crippen LogP contribution in [-0.2, 0) is 0 Å². The van der Waals surface area contributed by atoms with E-state index in [2.05, 4.69) is 11.1 Å². The molecule has 0 aliphatic carbocycles. The van der Waals surface area contributed by atoms with Crippen LogP contribution in [0, 0.1) is 13.8 Å². The van der Waals surface area contributed by atoms with Gasteiger partial charge in [-0.15, -0.1) is 0 Å². The third kappa shape index (κ3) is 2.68. The Morgan fingerprint density at radius 1 is 1.19 bits per heavy atom. The molecule has 1 aliphatic heterocycles. The largest absolute Gasteiger partial charge is 0.332 e. The van der Waals surface area contributed by atoms with E-state index >= 15 is 0 Å². The summed E-state index contributed by atoms with van der Waals surface area (Å²) in [6.45, 7) is 4.87. The van der Waals surface area contributed by atoms with Crippen molar-refractivity contribution in [2.75, 3.05) is 6.54 Å². The highest BCUT2D eigenvalue weighted by atomic mass is 16.2. The van der Waals surface area contributed by atoms with Crippen LogP contribution in [-0.4, -0.2) is 22.3 Å². The van der Waals surface area contributed by atoms with Crippen molar-refractivity contribution in [2.24, 2.45) is 0 Å². The first kappa shape index (κ1) is 13.8. The van der Waals surface area contributed by atoms with Gasteiger partial charge in [0, 0.05) is 24.5 Å². The van der Waals surface area contributed by atoms with Gasteiger partial charge in [-0.05, 0) is 56.0 Å². The van der Waals surface area contributed by atoms with Crippen molar-refractivity contribution in [1.29, 1.82) is 0 Å². The van der Waals surface area contributed by atoms with Crippen molar-refractivity contribution in [1.82, 2.24) is 9.88 Å². The summed E-state index contributed by atoms with van der Waals surface area (Å²) in [5.41, 5.74) is 4.19. The molecule has 0 spiro atoms. The molecule has 3 rings (SSSR count). The average Bonchev–Trinajstić information content (AvgIpc) is 2.99. The first-order valence-electron chi connectivity index (χ1n) is 7.45. The molecule has 2 heterocycles. The summed E-state index contributed by atoms with van der Waals surface area (Å²) in [5, 5.41) is 0. The molecule has 0 N–H and O–H groups in total. The first-order chi connectivity index (χ1) is 10.2. The second kappa shape index (κ2) is 5.68. The number of carbonyl (C=O) groups excluding carboxylic acids is 1. The number of carbonyl (C=O) groups is 1. The summed E-state index contributed by atoms with van der Waals surface area (Å²) >= 11 is 0. The molecule has 1 aromatic carbocycles. The second-order valence-corrected chi connectivity index (χ2v) is 5.76. The highest BCUT2D eigenvalue weighted by Crippen LogP contribution is 2.33.